The molecule has 1 atom stereocenters. The number of aryl methyl sites for hydroxylation is 2. The van der Waals surface area contributed by atoms with Gasteiger partial charge in [0.2, 0.25) is 11.8 Å². The number of benzene rings is 1. The lowest BCUT2D eigenvalue weighted by Crippen LogP contribution is -2.28. The van der Waals surface area contributed by atoms with Gasteiger partial charge in [-0.3, -0.25) is 14.6 Å². The maximum Gasteiger partial charge on any atom is 0.224 e. The number of amides is 2. The second-order valence-corrected chi connectivity index (χ2v) is 6.77. The number of halogens is 1. The zero-order valence-corrected chi connectivity index (χ0v) is 15.0. The lowest BCUT2D eigenvalue weighted by Gasteiger charge is -2.20. The second-order valence-electron chi connectivity index (χ2n) is 6.33. The summed E-state index contributed by atoms with van der Waals surface area (Å²) < 4.78 is 0. The van der Waals surface area contributed by atoms with Gasteiger partial charge >= 0.3 is 0 Å². The van der Waals surface area contributed by atoms with E-state index >= 15 is 0 Å². The Morgan fingerprint density at radius 3 is 2.96 bits per heavy atom. The molecule has 0 spiro atoms. The third kappa shape index (κ3) is 4.17. The summed E-state index contributed by atoms with van der Waals surface area (Å²) in [5.41, 5.74) is 4.61. The van der Waals surface area contributed by atoms with E-state index in [4.69, 9.17) is 11.6 Å². The van der Waals surface area contributed by atoms with E-state index in [9.17, 15) is 9.59 Å². The van der Waals surface area contributed by atoms with Gasteiger partial charge in [0.05, 0.1) is 17.5 Å². The van der Waals surface area contributed by atoms with Crippen molar-refractivity contribution < 1.29 is 9.59 Å². The number of carbonyl (C=O) groups is 2. The van der Waals surface area contributed by atoms with Crippen LogP contribution in [-0.2, 0) is 22.4 Å². The molecular weight excluding hydrogens is 338 g/mol. The molecule has 5 nitrogen and oxygen atoms in total. The lowest BCUT2D eigenvalue weighted by atomic mass is 9.97. The number of fused-ring (bicyclic) bond motifs is 1. The van der Waals surface area contributed by atoms with Gasteiger partial charge in [-0.25, -0.2) is 0 Å². The molecule has 1 aliphatic rings. The summed E-state index contributed by atoms with van der Waals surface area (Å²) >= 11 is 5.96. The molecule has 3 rings (SSSR count). The number of hydrogen-bond donors (Lipinski definition) is 2. The van der Waals surface area contributed by atoms with E-state index in [2.05, 4.69) is 15.6 Å². The minimum atomic E-state index is -0.122. The molecule has 0 bridgehead atoms. The first-order valence-corrected chi connectivity index (χ1v) is 8.63. The van der Waals surface area contributed by atoms with Crippen molar-refractivity contribution in [2.45, 2.75) is 39.2 Å². The number of aromatic nitrogens is 1. The molecule has 0 radical (unpaired) electrons. The summed E-state index contributed by atoms with van der Waals surface area (Å²) in [7, 11) is 0. The predicted molar refractivity (Wildman–Crippen MR) is 97.6 cm³/mol. The highest BCUT2D eigenvalue weighted by molar-refractivity contribution is 6.30. The van der Waals surface area contributed by atoms with Gasteiger partial charge in [0.25, 0.3) is 0 Å². The summed E-state index contributed by atoms with van der Waals surface area (Å²) in [6, 6.07) is 7.53. The van der Waals surface area contributed by atoms with Crippen LogP contribution in [0.15, 0.2) is 30.5 Å². The molecule has 1 unspecified atom stereocenters. The van der Waals surface area contributed by atoms with Gasteiger partial charge in [-0.15, -0.1) is 0 Å². The number of hydrogen-bond acceptors (Lipinski definition) is 3. The molecule has 0 fully saturated rings. The van der Waals surface area contributed by atoms with Gasteiger partial charge in [0, 0.05) is 24.0 Å². The lowest BCUT2D eigenvalue weighted by molar-refractivity contribution is -0.121. The Morgan fingerprint density at radius 2 is 2.16 bits per heavy atom. The topological polar surface area (TPSA) is 71.1 Å². The molecule has 0 aliphatic carbocycles. The summed E-state index contributed by atoms with van der Waals surface area (Å²) in [6.07, 6.45) is 3.04. The first kappa shape index (κ1) is 17.4. The number of nitrogens with zero attached hydrogens (tertiary/aromatic N) is 1. The standard InChI is InChI=1S/C19H20ClN3O2/c1-11-15(8-16(20)10-21-11)9-19(25)22-12(2)13-3-5-17-14(7-13)4-6-18(24)23-17/h3,5,7-8,10,12H,4,6,9H2,1-2H3,(H,22,25)(H,23,24). The molecule has 1 aromatic heterocycles. The zero-order valence-electron chi connectivity index (χ0n) is 14.2. The smallest absolute Gasteiger partial charge is 0.224 e. The Balaban J connectivity index is 1.67. The van der Waals surface area contributed by atoms with Gasteiger partial charge in [0.15, 0.2) is 0 Å². The first-order chi connectivity index (χ1) is 11.9. The molecule has 0 saturated carbocycles. The van der Waals surface area contributed by atoms with E-state index in [-0.39, 0.29) is 24.3 Å². The molecule has 2 N–H and O–H groups in total. The number of anilines is 1. The van der Waals surface area contributed by atoms with Crippen molar-refractivity contribution in [3.63, 3.8) is 0 Å². The van der Waals surface area contributed by atoms with Crippen molar-refractivity contribution in [3.8, 4) is 0 Å². The van der Waals surface area contributed by atoms with Gasteiger partial charge in [-0.05, 0) is 49.1 Å². The Labute approximate surface area is 151 Å². The van der Waals surface area contributed by atoms with Gasteiger partial charge < -0.3 is 10.6 Å². The van der Waals surface area contributed by atoms with E-state index in [0.717, 1.165) is 34.5 Å². The van der Waals surface area contributed by atoms with E-state index < -0.39 is 0 Å². The van der Waals surface area contributed by atoms with Gasteiger partial charge in [-0.2, -0.15) is 0 Å². The highest BCUT2D eigenvalue weighted by Crippen LogP contribution is 2.26. The van der Waals surface area contributed by atoms with Gasteiger partial charge in [0.1, 0.15) is 0 Å². The largest absolute Gasteiger partial charge is 0.349 e. The van der Waals surface area contributed by atoms with Crippen LogP contribution in [0.25, 0.3) is 0 Å². The fourth-order valence-electron chi connectivity index (χ4n) is 2.95. The predicted octanol–water partition coefficient (Wildman–Crippen LogP) is 3.35. The highest BCUT2D eigenvalue weighted by Gasteiger charge is 2.17. The van der Waals surface area contributed by atoms with Crippen LogP contribution in [-0.4, -0.2) is 16.8 Å². The Hall–Kier alpha value is -2.40. The monoisotopic (exact) mass is 357 g/mol. The maximum absolute atomic E-state index is 12.4. The van der Waals surface area contributed by atoms with E-state index in [1.807, 2.05) is 32.0 Å². The SMILES string of the molecule is Cc1ncc(Cl)cc1CC(=O)NC(C)c1ccc2c(c1)CCC(=O)N2. The third-order valence-corrected chi connectivity index (χ3v) is 4.62. The third-order valence-electron chi connectivity index (χ3n) is 4.41. The molecule has 2 heterocycles. The molecule has 130 valence electrons. The first-order valence-electron chi connectivity index (χ1n) is 8.25. The normalized spacial score (nSPS) is 14.4. The average Bonchev–Trinajstić information content (AvgIpc) is 2.57. The van der Waals surface area contributed by atoms with Crippen LogP contribution in [0.4, 0.5) is 5.69 Å². The van der Waals surface area contributed by atoms with Crippen LogP contribution in [0.2, 0.25) is 5.02 Å². The fraction of sp³-hybridized carbons (Fsp3) is 0.316. The van der Waals surface area contributed by atoms with E-state index in [1.165, 1.54) is 0 Å². The van der Waals surface area contributed by atoms with E-state index in [0.29, 0.717) is 11.4 Å². The average molecular weight is 358 g/mol. The zero-order chi connectivity index (χ0) is 18.0. The molecule has 1 aliphatic heterocycles. The fourth-order valence-corrected chi connectivity index (χ4v) is 3.13. The Bertz CT molecular complexity index is 835. The molecule has 6 heteroatoms. The van der Waals surface area contributed by atoms with E-state index in [1.54, 1.807) is 12.3 Å². The van der Waals surface area contributed by atoms with Crippen LogP contribution in [0.1, 0.15) is 41.8 Å². The summed E-state index contributed by atoms with van der Waals surface area (Å²) in [4.78, 5) is 28.0. The van der Waals surface area contributed by atoms with Crippen LogP contribution in [0.5, 0.6) is 0 Å². The molecule has 2 aromatic rings. The van der Waals surface area contributed by atoms with Crippen LogP contribution in [0, 0.1) is 6.92 Å². The Kier molecular flexibility index (Phi) is 5.04. The number of carbonyl (C=O) groups excluding carboxylic acids is 2. The van der Waals surface area contributed by atoms with Crippen molar-refractivity contribution in [1.82, 2.24) is 10.3 Å². The molecule has 25 heavy (non-hydrogen) atoms. The quantitative estimate of drug-likeness (QED) is 0.881. The number of nitrogens with one attached hydrogen (secondary N) is 2. The van der Waals surface area contributed by atoms with Crippen molar-refractivity contribution in [1.29, 1.82) is 0 Å². The Morgan fingerprint density at radius 1 is 1.36 bits per heavy atom. The summed E-state index contributed by atoms with van der Waals surface area (Å²) in [5, 5.41) is 6.40. The summed E-state index contributed by atoms with van der Waals surface area (Å²) in [5.74, 6) is -0.0298. The number of rotatable bonds is 4. The minimum Gasteiger partial charge on any atom is -0.349 e. The molecular formula is C19H20ClN3O2. The van der Waals surface area contributed by atoms with Crippen LogP contribution < -0.4 is 10.6 Å². The van der Waals surface area contributed by atoms with Crippen molar-refractivity contribution in [2.24, 2.45) is 0 Å². The molecule has 1 aromatic carbocycles. The highest BCUT2D eigenvalue weighted by atomic mass is 35.5. The van der Waals surface area contributed by atoms with Gasteiger partial charge in [-0.1, -0.05) is 23.7 Å². The van der Waals surface area contributed by atoms with Crippen LogP contribution in [0.3, 0.4) is 0 Å². The second kappa shape index (κ2) is 7.23. The summed E-state index contributed by atoms with van der Waals surface area (Å²) in [6.45, 7) is 3.81. The van der Waals surface area contributed by atoms with Crippen LogP contribution >= 0.6 is 11.6 Å². The van der Waals surface area contributed by atoms with Crippen molar-refractivity contribution in [2.75, 3.05) is 5.32 Å². The van der Waals surface area contributed by atoms with Crippen molar-refractivity contribution in [3.05, 3.63) is 57.9 Å². The molecule has 0 saturated heterocycles. The number of pyridine rings is 1. The van der Waals surface area contributed by atoms with Crippen molar-refractivity contribution >= 4 is 29.1 Å². The maximum atomic E-state index is 12.4. The molecule has 2 amide bonds. The minimum absolute atomic E-state index is 0.0482.